The smallest absolute Gasteiger partial charge is 0.229 e. The Morgan fingerprint density at radius 3 is 2.79 bits per heavy atom. The minimum Gasteiger partial charge on any atom is -0.381 e. The first-order valence-corrected chi connectivity index (χ1v) is 6.97. The second-order valence-corrected chi connectivity index (χ2v) is 4.97. The number of nitrogens with zero attached hydrogens (tertiary/aromatic N) is 2. The summed E-state index contributed by atoms with van der Waals surface area (Å²) in [7, 11) is 0. The van der Waals surface area contributed by atoms with Crippen LogP contribution in [0.1, 0.15) is 50.7 Å². The highest BCUT2D eigenvalue weighted by atomic mass is 16.5. The molecule has 1 fully saturated rings. The Morgan fingerprint density at radius 1 is 1.42 bits per heavy atom. The van der Waals surface area contributed by atoms with Crippen LogP contribution in [0.2, 0.25) is 0 Å². The normalized spacial score (nSPS) is 20.4. The Hall–Kier alpha value is -0.980. The SMILES string of the molecule is CCOC1(c2noc(C(C)CCN)n2)CCOCC1. The van der Waals surface area contributed by atoms with Gasteiger partial charge in [-0.3, -0.25) is 0 Å². The topological polar surface area (TPSA) is 83.4 Å². The van der Waals surface area contributed by atoms with Gasteiger partial charge in [0.05, 0.1) is 0 Å². The molecule has 0 bridgehead atoms. The van der Waals surface area contributed by atoms with Crippen molar-refractivity contribution in [2.24, 2.45) is 5.73 Å². The maximum absolute atomic E-state index is 5.92. The largest absolute Gasteiger partial charge is 0.381 e. The van der Waals surface area contributed by atoms with Gasteiger partial charge in [0.25, 0.3) is 0 Å². The molecule has 0 amide bonds. The summed E-state index contributed by atoms with van der Waals surface area (Å²) in [6, 6.07) is 0. The fourth-order valence-electron chi connectivity index (χ4n) is 2.40. The Bertz CT molecular complexity index is 383. The van der Waals surface area contributed by atoms with Crippen LogP contribution in [0, 0.1) is 0 Å². The zero-order chi connectivity index (χ0) is 13.7. The van der Waals surface area contributed by atoms with Crippen molar-refractivity contribution in [2.45, 2.75) is 44.6 Å². The van der Waals surface area contributed by atoms with Crippen molar-refractivity contribution in [1.29, 1.82) is 0 Å². The lowest BCUT2D eigenvalue weighted by molar-refractivity contribution is -0.118. The van der Waals surface area contributed by atoms with Crippen molar-refractivity contribution in [3.63, 3.8) is 0 Å². The first kappa shape index (κ1) is 14.4. The molecule has 1 saturated heterocycles. The van der Waals surface area contributed by atoms with Crippen LogP contribution in [0.25, 0.3) is 0 Å². The highest BCUT2D eigenvalue weighted by Crippen LogP contribution is 2.35. The summed E-state index contributed by atoms with van der Waals surface area (Å²) >= 11 is 0. The molecule has 2 heterocycles. The van der Waals surface area contributed by atoms with Crippen molar-refractivity contribution in [3.05, 3.63) is 11.7 Å². The van der Waals surface area contributed by atoms with E-state index in [4.69, 9.17) is 19.7 Å². The highest BCUT2D eigenvalue weighted by molar-refractivity contribution is 5.04. The summed E-state index contributed by atoms with van der Waals surface area (Å²) in [4.78, 5) is 4.53. The second kappa shape index (κ2) is 6.45. The molecule has 1 unspecified atom stereocenters. The fourth-order valence-corrected chi connectivity index (χ4v) is 2.40. The summed E-state index contributed by atoms with van der Waals surface area (Å²) in [6.45, 7) is 6.60. The molecule has 2 rings (SSSR count). The van der Waals surface area contributed by atoms with E-state index in [1.54, 1.807) is 0 Å². The zero-order valence-electron chi connectivity index (χ0n) is 11.7. The lowest BCUT2D eigenvalue weighted by Gasteiger charge is -2.33. The molecular formula is C13H23N3O3. The van der Waals surface area contributed by atoms with E-state index in [1.807, 2.05) is 13.8 Å². The van der Waals surface area contributed by atoms with E-state index in [9.17, 15) is 0 Å². The third-order valence-electron chi connectivity index (χ3n) is 3.59. The third-order valence-corrected chi connectivity index (χ3v) is 3.59. The van der Waals surface area contributed by atoms with E-state index in [1.165, 1.54) is 0 Å². The minimum absolute atomic E-state index is 0.185. The molecule has 6 nitrogen and oxygen atoms in total. The van der Waals surface area contributed by atoms with E-state index < -0.39 is 5.60 Å². The summed E-state index contributed by atoms with van der Waals surface area (Å²) in [5.41, 5.74) is 5.11. The predicted molar refractivity (Wildman–Crippen MR) is 69.7 cm³/mol. The molecule has 6 heteroatoms. The Balaban J connectivity index is 2.18. The van der Waals surface area contributed by atoms with Gasteiger partial charge in [-0.15, -0.1) is 0 Å². The van der Waals surface area contributed by atoms with Crippen LogP contribution in [0.5, 0.6) is 0 Å². The first-order valence-electron chi connectivity index (χ1n) is 6.97. The lowest BCUT2D eigenvalue weighted by atomic mass is 9.93. The molecule has 108 valence electrons. The van der Waals surface area contributed by atoms with Crippen LogP contribution >= 0.6 is 0 Å². The molecular weight excluding hydrogens is 246 g/mol. The molecule has 0 spiro atoms. The van der Waals surface area contributed by atoms with Gasteiger partial charge in [0.2, 0.25) is 11.7 Å². The van der Waals surface area contributed by atoms with E-state index in [0.717, 1.165) is 19.3 Å². The quantitative estimate of drug-likeness (QED) is 0.843. The van der Waals surface area contributed by atoms with Crippen LogP contribution in [-0.4, -0.2) is 36.5 Å². The van der Waals surface area contributed by atoms with Crippen LogP contribution in [0.4, 0.5) is 0 Å². The lowest BCUT2D eigenvalue weighted by Crippen LogP contribution is -2.37. The first-order chi connectivity index (χ1) is 9.22. The number of ether oxygens (including phenoxy) is 2. The Labute approximate surface area is 113 Å². The Morgan fingerprint density at radius 2 is 2.16 bits per heavy atom. The standard InChI is InChI=1S/C13H23N3O3/c1-3-18-13(5-8-17-9-6-13)12-15-11(19-16-12)10(2)4-7-14/h10H,3-9,14H2,1-2H3. The third kappa shape index (κ3) is 3.13. The number of aromatic nitrogens is 2. The average molecular weight is 269 g/mol. The van der Waals surface area contributed by atoms with Crippen LogP contribution in [0.3, 0.4) is 0 Å². The van der Waals surface area contributed by atoms with Gasteiger partial charge in [-0.1, -0.05) is 12.1 Å². The predicted octanol–water partition coefficient (Wildman–Crippen LogP) is 1.56. The molecule has 0 saturated carbocycles. The van der Waals surface area contributed by atoms with Gasteiger partial charge in [-0.05, 0) is 19.9 Å². The van der Waals surface area contributed by atoms with Crippen LogP contribution < -0.4 is 5.73 Å². The maximum atomic E-state index is 5.92. The summed E-state index contributed by atoms with van der Waals surface area (Å²) in [5.74, 6) is 1.48. The van der Waals surface area contributed by atoms with E-state index >= 15 is 0 Å². The van der Waals surface area contributed by atoms with Gasteiger partial charge in [-0.25, -0.2) is 0 Å². The number of hydrogen-bond donors (Lipinski definition) is 1. The van der Waals surface area contributed by atoms with Crippen molar-refractivity contribution in [2.75, 3.05) is 26.4 Å². The summed E-state index contributed by atoms with van der Waals surface area (Å²) in [6.07, 6.45) is 2.38. The average Bonchev–Trinajstić information content (AvgIpc) is 2.91. The van der Waals surface area contributed by atoms with Gasteiger partial charge in [0, 0.05) is 38.6 Å². The molecule has 19 heavy (non-hydrogen) atoms. The maximum Gasteiger partial charge on any atom is 0.229 e. The molecule has 1 aromatic heterocycles. The highest BCUT2D eigenvalue weighted by Gasteiger charge is 2.40. The second-order valence-electron chi connectivity index (χ2n) is 4.97. The fraction of sp³-hybridized carbons (Fsp3) is 0.846. The van der Waals surface area contributed by atoms with Crippen LogP contribution in [-0.2, 0) is 15.1 Å². The van der Waals surface area contributed by atoms with Crippen LogP contribution in [0.15, 0.2) is 4.52 Å². The number of nitrogens with two attached hydrogens (primary N) is 1. The van der Waals surface area contributed by atoms with Gasteiger partial charge in [0.1, 0.15) is 5.60 Å². The summed E-state index contributed by atoms with van der Waals surface area (Å²) in [5, 5.41) is 4.13. The molecule has 0 aliphatic carbocycles. The van der Waals surface area contributed by atoms with Gasteiger partial charge in [-0.2, -0.15) is 4.98 Å². The number of rotatable bonds is 6. The minimum atomic E-state index is -0.447. The van der Waals surface area contributed by atoms with Crippen molar-refractivity contribution in [3.8, 4) is 0 Å². The molecule has 1 atom stereocenters. The van der Waals surface area contributed by atoms with Crippen molar-refractivity contribution >= 4 is 0 Å². The van der Waals surface area contributed by atoms with Gasteiger partial charge in [0.15, 0.2) is 0 Å². The van der Waals surface area contributed by atoms with Crippen molar-refractivity contribution in [1.82, 2.24) is 10.1 Å². The molecule has 1 aliphatic heterocycles. The monoisotopic (exact) mass is 269 g/mol. The number of hydrogen-bond acceptors (Lipinski definition) is 6. The zero-order valence-corrected chi connectivity index (χ0v) is 11.7. The van der Waals surface area contributed by atoms with Gasteiger partial charge >= 0.3 is 0 Å². The molecule has 1 aromatic rings. The van der Waals surface area contributed by atoms with E-state index in [0.29, 0.717) is 38.1 Å². The van der Waals surface area contributed by atoms with E-state index in [2.05, 4.69) is 10.1 Å². The molecule has 2 N–H and O–H groups in total. The molecule has 0 aromatic carbocycles. The van der Waals surface area contributed by atoms with Gasteiger partial charge < -0.3 is 19.7 Å². The van der Waals surface area contributed by atoms with E-state index in [-0.39, 0.29) is 5.92 Å². The summed E-state index contributed by atoms with van der Waals surface area (Å²) < 4.78 is 16.7. The molecule has 0 radical (unpaired) electrons. The van der Waals surface area contributed by atoms with Crippen molar-refractivity contribution < 1.29 is 14.0 Å². The molecule has 1 aliphatic rings. The Kier molecular flexibility index (Phi) is 4.90.